The molecule has 2 amide bonds. The molecular weight excluding hydrogens is 368 g/mol. The second-order valence-electron chi connectivity index (χ2n) is 6.24. The van der Waals surface area contributed by atoms with Crippen LogP contribution in [0.3, 0.4) is 0 Å². The highest BCUT2D eigenvalue weighted by Crippen LogP contribution is 2.23. The van der Waals surface area contributed by atoms with Crippen LogP contribution in [0, 0.1) is 0 Å². The smallest absolute Gasteiger partial charge is 0.305 e. The van der Waals surface area contributed by atoms with Gasteiger partial charge >= 0.3 is 5.97 Å². The summed E-state index contributed by atoms with van der Waals surface area (Å²) in [6.45, 7) is 0. The number of hydrogen-bond acceptors (Lipinski definition) is 3. The molecule has 0 saturated carbocycles. The Bertz CT molecular complexity index is 821. The van der Waals surface area contributed by atoms with E-state index in [1.165, 1.54) is 0 Å². The zero-order valence-electron chi connectivity index (χ0n) is 14.7. The molecule has 0 aliphatic heterocycles. The van der Waals surface area contributed by atoms with Crippen LogP contribution in [-0.2, 0) is 20.8 Å². The molecule has 0 aliphatic rings. The molecule has 27 heavy (non-hydrogen) atoms. The summed E-state index contributed by atoms with van der Waals surface area (Å²) in [6, 6.07) is 14.5. The number of primary amides is 1. The number of benzene rings is 2. The van der Waals surface area contributed by atoms with E-state index in [-0.39, 0.29) is 19.3 Å². The van der Waals surface area contributed by atoms with Crippen LogP contribution >= 0.6 is 11.6 Å². The van der Waals surface area contributed by atoms with Gasteiger partial charge in [0, 0.05) is 23.9 Å². The van der Waals surface area contributed by atoms with Crippen molar-refractivity contribution in [3.8, 4) is 11.1 Å². The van der Waals surface area contributed by atoms with Crippen molar-refractivity contribution in [1.82, 2.24) is 5.32 Å². The topological polar surface area (TPSA) is 109 Å². The second-order valence-corrected chi connectivity index (χ2v) is 6.68. The summed E-state index contributed by atoms with van der Waals surface area (Å²) < 4.78 is 0. The lowest BCUT2D eigenvalue weighted by Gasteiger charge is -2.17. The number of carboxylic acids is 1. The fourth-order valence-electron chi connectivity index (χ4n) is 2.71. The third kappa shape index (κ3) is 7.11. The molecule has 2 rings (SSSR count). The lowest BCUT2D eigenvalue weighted by Crippen LogP contribution is -2.38. The molecule has 0 aromatic heterocycles. The third-order valence-corrected chi connectivity index (χ3v) is 4.21. The summed E-state index contributed by atoms with van der Waals surface area (Å²) in [7, 11) is 0. The first-order chi connectivity index (χ1) is 12.8. The molecule has 6 nitrogen and oxygen atoms in total. The van der Waals surface area contributed by atoms with Gasteiger partial charge in [-0.2, -0.15) is 0 Å². The summed E-state index contributed by atoms with van der Waals surface area (Å²) in [5.41, 5.74) is 7.89. The van der Waals surface area contributed by atoms with Crippen molar-refractivity contribution < 1.29 is 19.5 Å². The molecule has 0 unspecified atom stereocenters. The molecule has 7 heteroatoms. The second kappa shape index (κ2) is 9.73. The van der Waals surface area contributed by atoms with E-state index in [4.69, 9.17) is 22.4 Å². The minimum atomic E-state index is -1.01. The number of amides is 2. The Morgan fingerprint density at radius 2 is 1.74 bits per heavy atom. The number of halogens is 1. The maximum absolute atomic E-state index is 11.9. The number of rotatable bonds is 9. The summed E-state index contributed by atoms with van der Waals surface area (Å²) in [4.78, 5) is 33.7. The lowest BCUT2D eigenvalue weighted by molar-refractivity contribution is -0.137. The van der Waals surface area contributed by atoms with E-state index in [1.54, 1.807) is 6.07 Å². The van der Waals surface area contributed by atoms with Crippen LogP contribution in [0.1, 0.15) is 24.8 Å². The van der Waals surface area contributed by atoms with Gasteiger partial charge in [0.15, 0.2) is 0 Å². The van der Waals surface area contributed by atoms with Crippen molar-refractivity contribution in [2.24, 2.45) is 5.73 Å². The fourth-order valence-corrected chi connectivity index (χ4v) is 2.90. The van der Waals surface area contributed by atoms with Crippen molar-refractivity contribution in [3.63, 3.8) is 0 Å². The molecular formula is C20H21ClN2O4. The van der Waals surface area contributed by atoms with Gasteiger partial charge < -0.3 is 16.2 Å². The van der Waals surface area contributed by atoms with E-state index in [9.17, 15) is 14.4 Å². The van der Waals surface area contributed by atoms with Crippen molar-refractivity contribution in [2.75, 3.05) is 0 Å². The van der Waals surface area contributed by atoms with E-state index < -0.39 is 23.8 Å². The predicted octanol–water partition coefficient (Wildman–Crippen LogP) is 2.77. The SMILES string of the molecule is NC(=O)CCC(=O)N[C@@H](CC(=O)O)Cc1ccc(-c2cccc(Cl)c2)cc1. The standard InChI is InChI=1S/C20H21ClN2O4/c21-16-3-1-2-15(11-16)14-6-4-13(5-7-14)10-17(12-20(26)27)23-19(25)9-8-18(22)24/h1-7,11,17H,8-10,12H2,(H2,22,24)(H,23,25)(H,26,27)/t17-/m1/s1. The van der Waals surface area contributed by atoms with E-state index in [0.717, 1.165) is 16.7 Å². The average Bonchev–Trinajstić information content (AvgIpc) is 2.60. The van der Waals surface area contributed by atoms with Crippen LogP contribution in [0.2, 0.25) is 5.02 Å². The first-order valence-corrected chi connectivity index (χ1v) is 8.85. The number of carboxylic acid groups (broad SMARTS) is 1. The number of carbonyl (C=O) groups excluding carboxylic acids is 2. The molecule has 4 N–H and O–H groups in total. The molecule has 0 fully saturated rings. The number of hydrogen-bond donors (Lipinski definition) is 3. The van der Waals surface area contributed by atoms with Gasteiger partial charge in [0.2, 0.25) is 11.8 Å². The monoisotopic (exact) mass is 388 g/mol. The maximum Gasteiger partial charge on any atom is 0.305 e. The van der Waals surface area contributed by atoms with Crippen molar-refractivity contribution in [2.45, 2.75) is 31.7 Å². The molecule has 0 bridgehead atoms. The van der Waals surface area contributed by atoms with Crippen LogP contribution in [0.5, 0.6) is 0 Å². The van der Waals surface area contributed by atoms with Gasteiger partial charge in [-0.25, -0.2) is 0 Å². The summed E-state index contributed by atoms with van der Waals surface area (Å²) >= 11 is 6.01. The summed E-state index contributed by atoms with van der Waals surface area (Å²) in [5, 5.41) is 12.4. The highest BCUT2D eigenvalue weighted by molar-refractivity contribution is 6.30. The Morgan fingerprint density at radius 3 is 2.33 bits per heavy atom. The zero-order valence-corrected chi connectivity index (χ0v) is 15.4. The van der Waals surface area contributed by atoms with Gasteiger partial charge in [0.1, 0.15) is 0 Å². The van der Waals surface area contributed by atoms with Crippen molar-refractivity contribution >= 4 is 29.4 Å². The first-order valence-electron chi connectivity index (χ1n) is 8.48. The van der Waals surface area contributed by atoms with Crippen LogP contribution < -0.4 is 11.1 Å². The van der Waals surface area contributed by atoms with Gasteiger partial charge in [0.05, 0.1) is 6.42 Å². The highest BCUT2D eigenvalue weighted by atomic mass is 35.5. The molecule has 0 spiro atoms. The van der Waals surface area contributed by atoms with Gasteiger partial charge in [-0.3, -0.25) is 14.4 Å². The van der Waals surface area contributed by atoms with Crippen LogP contribution in [0.4, 0.5) is 0 Å². The molecule has 2 aromatic carbocycles. The van der Waals surface area contributed by atoms with E-state index in [1.807, 2.05) is 42.5 Å². The Balaban J connectivity index is 2.04. The number of nitrogens with one attached hydrogen (secondary N) is 1. The Morgan fingerprint density at radius 1 is 1.04 bits per heavy atom. The van der Waals surface area contributed by atoms with Gasteiger partial charge in [-0.15, -0.1) is 0 Å². The normalized spacial score (nSPS) is 11.6. The minimum absolute atomic E-state index is 0.0564. The van der Waals surface area contributed by atoms with E-state index in [0.29, 0.717) is 11.4 Å². The largest absolute Gasteiger partial charge is 0.481 e. The quantitative estimate of drug-likeness (QED) is 0.613. The number of aliphatic carboxylic acids is 1. The highest BCUT2D eigenvalue weighted by Gasteiger charge is 2.17. The molecule has 142 valence electrons. The van der Waals surface area contributed by atoms with Gasteiger partial charge in [-0.05, 0) is 35.2 Å². The van der Waals surface area contributed by atoms with Crippen molar-refractivity contribution in [1.29, 1.82) is 0 Å². The molecule has 1 atom stereocenters. The first kappa shape index (κ1) is 20.5. The predicted molar refractivity (Wildman–Crippen MR) is 103 cm³/mol. The van der Waals surface area contributed by atoms with E-state index >= 15 is 0 Å². The summed E-state index contributed by atoms with van der Waals surface area (Å²) in [6.07, 6.45) is 0.0297. The summed E-state index contributed by atoms with van der Waals surface area (Å²) in [5.74, 6) is -1.97. The Hall–Kier alpha value is -2.86. The molecule has 0 aliphatic carbocycles. The van der Waals surface area contributed by atoms with E-state index in [2.05, 4.69) is 5.32 Å². The molecule has 2 aromatic rings. The lowest BCUT2D eigenvalue weighted by atomic mass is 9.99. The molecule has 0 saturated heterocycles. The van der Waals surface area contributed by atoms with Gasteiger partial charge in [0.25, 0.3) is 0 Å². The fraction of sp³-hybridized carbons (Fsp3) is 0.250. The maximum atomic E-state index is 11.9. The number of nitrogens with two attached hydrogens (primary N) is 1. The van der Waals surface area contributed by atoms with Crippen LogP contribution in [0.15, 0.2) is 48.5 Å². The van der Waals surface area contributed by atoms with Gasteiger partial charge in [-0.1, -0.05) is 48.0 Å². The number of carbonyl (C=O) groups is 3. The van der Waals surface area contributed by atoms with Crippen molar-refractivity contribution in [3.05, 3.63) is 59.1 Å². The molecule has 0 heterocycles. The minimum Gasteiger partial charge on any atom is -0.481 e. The third-order valence-electron chi connectivity index (χ3n) is 3.98. The Labute approximate surface area is 162 Å². The zero-order chi connectivity index (χ0) is 19.8. The molecule has 0 radical (unpaired) electrons. The van der Waals surface area contributed by atoms with Crippen LogP contribution in [0.25, 0.3) is 11.1 Å². The Kier molecular flexibility index (Phi) is 7.37. The average molecular weight is 389 g/mol. The van der Waals surface area contributed by atoms with Crippen LogP contribution in [-0.4, -0.2) is 28.9 Å².